The van der Waals surface area contributed by atoms with Gasteiger partial charge in [-0.05, 0) is 42.8 Å². The van der Waals surface area contributed by atoms with Crippen molar-refractivity contribution < 1.29 is 18.7 Å². The molecule has 2 aliphatic rings. The van der Waals surface area contributed by atoms with Crippen molar-refractivity contribution in [3.8, 4) is 16.9 Å². The van der Waals surface area contributed by atoms with Gasteiger partial charge in [0.25, 0.3) is 5.91 Å². The molecule has 2 aliphatic heterocycles. The van der Waals surface area contributed by atoms with E-state index in [-0.39, 0.29) is 11.7 Å². The highest BCUT2D eigenvalue weighted by atomic mass is 19.1. The molecule has 6 heteroatoms. The molecule has 1 aromatic heterocycles. The van der Waals surface area contributed by atoms with E-state index in [2.05, 4.69) is 0 Å². The highest BCUT2D eigenvalue weighted by Crippen LogP contribution is 2.34. The van der Waals surface area contributed by atoms with E-state index in [1.165, 1.54) is 12.1 Å². The molecule has 3 heterocycles. The van der Waals surface area contributed by atoms with E-state index in [1.54, 1.807) is 12.1 Å². The maximum Gasteiger partial charge on any atom is 0.255 e. The summed E-state index contributed by atoms with van der Waals surface area (Å²) in [7, 11) is 0. The van der Waals surface area contributed by atoms with Crippen LogP contribution >= 0.6 is 0 Å². The number of rotatable bonds is 3. The average molecular weight is 420 g/mol. The molecule has 0 bridgehead atoms. The van der Waals surface area contributed by atoms with Crippen LogP contribution in [-0.2, 0) is 9.47 Å². The summed E-state index contributed by atoms with van der Waals surface area (Å²) >= 11 is 0. The second kappa shape index (κ2) is 7.94. The third-order valence-corrected chi connectivity index (χ3v) is 6.26. The van der Waals surface area contributed by atoms with Gasteiger partial charge in [0.15, 0.2) is 5.79 Å². The lowest BCUT2D eigenvalue weighted by Crippen LogP contribution is -2.47. The summed E-state index contributed by atoms with van der Waals surface area (Å²) in [6, 6.07) is 18.2. The van der Waals surface area contributed by atoms with Crippen LogP contribution < -0.4 is 0 Å². The van der Waals surface area contributed by atoms with E-state index >= 15 is 0 Å². The predicted molar refractivity (Wildman–Crippen MR) is 116 cm³/mol. The molecule has 0 radical (unpaired) electrons. The largest absolute Gasteiger partial charge is 0.347 e. The number of nitrogens with zero attached hydrogens (tertiary/aromatic N) is 2. The molecule has 160 valence electrons. The highest BCUT2D eigenvalue weighted by Gasteiger charge is 2.41. The molecule has 1 amide bonds. The first-order valence-electron chi connectivity index (χ1n) is 10.7. The Balaban J connectivity index is 1.50. The van der Waals surface area contributed by atoms with Gasteiger partial charge in [-0.3, -0.25) is 4.79 Å². The molecule has 31 heavy (non-hydrogen) atoms. The van der Waals surface area contributed by atoms with Gasteiger partial charge in [0.05, 0.1) is 24.5 Å². The molecular weight excluding hydrogens is 395 g/mol. The molecule has 0 unspecified atom stereocenters. The average Bonchev–Trinajstić information content (AvgIpc) is 3.40. The van der Waals surface area contributed by atoms with Gasteiger partial charge >= 0.3 is 0 Å². The van der Waals surface area contributed by atoms with E-state index in [0.717, 1.165) is 22.6 Å². The molecular formula is C25H25FN2O3. The number of likely N-dealkylation sites (tertiary alicyclic amines) is 1. The van der Waals surface area contributed by atoms with Crippen molar-refractivity contribution in [1.82, 2.24) is 9.47 Å². The van der Waals surface area contributed by atoms with Crippen LogP contribution in [0.2, 0.25) is 0 Å². The van der Waals surface area contributed by atoms with Crippen molar-refractivity contribution in [3.63, 3.8) is 0 Å². The summed E-state index contributed by atoms with van der Waals surface area (Å²) in [5.74, 6) is -0.797. The Kier molecular flexibility index (Phi) is 5.12. The topological polar surface area (TPSA) is 43.7 Å². The Morgan fingerprint density at radius 2 is 1.61 bits per heavy atom. The van der Waals surface area contributed by atoms with Gasteiger partial charge in [-0.2, -0.15) is 0 Å². The quantitative estimate of drug-likeness (QED) is 0.623. The van der Waals surface area contributed by atoms with E-state index < -0.39 is 5.79 Å². The summed E-state index contributed by atoms with van der Waals surface area (Å²) in [6.45, 7) is 4.38. The van der Waals surface area contributed by atoms with Crippen LogP contribution in [0.1, 0.15) is 28.9 Å². The highest BCUT2D eigenvalue weighted by molar-refractivity contribution is 5.97. The monoisotopic (exact) mass is 420 g/mol. The van der Waals surface area contributed by atoms with Gasteiger partial charge in [0, 0.05) is 37.3 Å². The second-order valence-corrected chi connectivity index (χ2v) is 8.11. The van der Waals surface area contributed by atoms with Crippen LogP contribution in [0.25, 0.3) is 16.9 Å². The minimum absolute atomic E-state index is 0.00314. The lowest BCUT2D eigenvalue weighted by atomic mass is 10.0. The molecule has 2 fully saturated rings. The van der Waals surface area contributed by atoms with Gasteiger partial charge in [0.2, 0.25) is 0 Å². The normalized spacial score (nSPS) is 17.9. The Bertz CT molecular complexity index is 1080. The molecule has 2 saturated heterocycles. The molecule has 0 saturated carbocycles. The van der Waals surface area contributed by atoms with Crippen molar-refractivity contribution in [2.45, 2.75) is 25.6 Å². The van der Waals surface area contributed by atoms with Crippen LogP contribution in [-0.4, -0.2) is 47.5 Å². The number of hydrogen-bond acceptors (Lipinski definition) is 3. The number of carbonyl (C=O) groups is 1. The molecule has 5 rings (SSSR count). The van der Waals surface area contributed by atoms with Crippen molar-refractivity contribution >= 4 is 5.91 Å². The zero-order valence-electron chi connectivity index (χ0n) is 17.5. The number of carbonyl (C=O) groups excluding carboxylic acids is 1. The van der Waals surface area contributed by atoms with Crippen molar-refractivity contribution in [3.05, 3.63) is 77.7 Å². The Morgan fingerprint density at radius 3 is 2.26 bits per heavy atom. The molecule has 2 aromatic carbocycles. The third-order valence-electron chi connectivity index (χ3n) is 6.26. The van der Waals surface area contributed by atoms with E-state index in [1.807, 2.05) is 52.8 Å². The maximum absolute atomic E-state index is 13.5. The standard InChI is InChI=1S/C25H25FN2O3/c1-18-22(24(29)27-13-11-25(12-14-27)30-15-16-31-25)17-23(19-5-3-2-4-6-19)28(18)21-9-7-20(26)8-10-21/h2-10,17H,11-16H2,1H3. The van der Waals surface area contributed by atoms with Gasteiger partial charge in [-0.25, -0.2) is 4.39 Å². The number of piperidine rings is 1. The Labute approximate surface area is 181 Å². The van der Waals surface area contributed by atoms with E-state index in [9.17, 15) is 9.18 Å². The minimum atomic E-state index is -0.513. The minimum Gasteiger partial charge on any atom is -0.347 e. The molecule has 1 spiro atoms. The smallest absolute Gasteiger partial charge is 0.255 e. The first-order valence-corrected chi connectivity index (χ1v) is 10.7. The van der Waals surface area contributed by atoms with Crippen molar-refractivity contribution in [2.75, 3.05) is 26.3 Å². The lowest BCUT2D eigenvalue weighted by Gasteiger charge is -2.37. The Hall–Kier alpha value is -2.96. The summed E-state index contributed by atoms with van der Waals surface area (Å²) < 4.78 is 27.1. The van der Waals surface area contributed by atoms with Crippen LogP contribution in [0.3, 0.4) is 0 Å². The molecule has 0 N–H and O–H groups in total. The first-order chi connectivity index (χ1) is 15.1. The van der Waals surface area contributed by atoms with Gasteiger partial charge in [-0.1, -0.05) is 30.3 Å². The van der Waals surface area contributed by atoms with Crippen molar-refractivity contribution in [1.29, 1.82) is 0 Å². The lowest BCUT2D eigenvalue weighted by molar-refractivity contribution is -0.181. The molecule has 0 atom stereocenters. The number of amides is 1. The fourth-order valence-electron chi connectivity index (χ4n) is 4.57. The fourth-order valence-corrected chi connectivity index (χ4v) is 4.57. The van der Waals surface area contributed by atoms with Crippen LogP contribution in [0.4, 0.5) is 4.39 Å². The van der Waals surface area contributed by atoms with Gasteiger partial charge in [-0.15, -0.1) is 0 Å². The summed E-state index contributed by atoms with van der Waals surface area (Å²) in [4.78, 5) is 15.4. The number of aromatic nitrogens is 1. The number of ether oxygens (including phenoxy) is 2. The van der Waals surface area contributed by atoms with Crippen LogP contribution in [0, 0.1) is 12.7 Å². The second-order valence-electron chi connectivity index (χ2n) is 8.11. The summed E-state index contributed by atoms with van der Waals surface area (Å²) in [5.41, 5.74) is 4.22. The number of benzene rings is 2. The predicted octanol–water partition coefficient (Wildman–Crippen LogP) is 4.57. The molecule has 5 nitrogen and oxygen atoms in total. The molecule has 0 aliphatic carbocycles. The van der Waals surface area contributed by atoms with Crippen LogP contribution in [0.5, 0.6) is 0 Å². The van der Waals surface area contributed by atoms with Gasteiger partial charge in [0.1, 0.15) is 5.82 Å². The van der Waals surface area contributed by atoms with Crippen molar-refractivity contribution in [2.24, 2.45) is 0 Å². The van der Waals surface area contributed by atoms with Gasteiger partial charge < -0.3 is 18.9 Å². The summed E-state index contributed by atoms with van der Waals surface area (Å²) in [6.07, 6.45) is 1.37. The zero-order valence-corrected chi connectivity index (χ0v) is 17.5. The number of halogens is 1. The van der Waals surface area contributed by atoms with E-state index in [4.69, 9.17) is 9.47 Å². The number of hydrogen-bond donors (Lipinski definition) is 0. The maximum atomic E-state index is 13.5. The summed E-state index contributed by atoms with van der Waals surface area (Å²) in [5, 5.41) is 0. The van der Waals surface area contributed by atoms with Crippen LogP contribution in [0.15, 0.2) is 60.7 Å². The van der Waals surface area contributed by atoms with E-state index in [0.29, 0.717) is 44.7 Å². The Morgan fingerprint density at radius 1 is 0.968 bits per heavy atom. The third kappa shape index (κ3) is 3.66. The first kappa shape index (κ1) is 20.0. The fraction of sp³-hybridized carbons (Fsp3) is 0.320. The molecule has 3 aromatic rings. The SMILES string of the molecule is Cc1c(C(=O)N2CCC3(CC2)OCCO3)cc(-c2ccccc2)n1-c1ccc(F)cc1. The zero-order chi connectivity index (χ0) is 21.4.